The van der Waals surface area contributed by atoms with Crippen LogP contribution in [0.4, 0.5) is 11.4 Å². The van der Waals surface area contributed by atoms with Gasteiger partial charge in [0.2, 0.25) is 5.91 Å². The Kier molecular flexibility index (Phi) is 6.83. The molecule has 0 radical (unpaired) electrons. The Balaban J connectivity index is 1.80. The summed E-state index contributed by atoms with van der Waals surface area (Å²) in [5.74, 6) is 0.170. The van der Waals surface area contributed by atoms with Crippen LogP contribution in [0.3, 0.4) is 0 Å². The molecule has 0 atom stereocenters. The smallest absolute Gasteiger partial charge is 0.338 e. The molecule has 0 saturated heterocycles. The van der Waals surface area contributed by atoms with Gasteiger partial charge >= 0.3 is 5.97 Å². The van der Waals surface area contributed by atoms with Crippen molar-refractivity contribution in [2.75, 3.05) is 30.9 Å². The molecule has 25 heavy (non-hydrogen) atoms. The molecule has 2 N–H and O–H groups in total. The van der Waals surface area contributed by atoms with Gasteiger partial charge in [0.05, 0.1) is 25.0 Å². The number of esters is 1. The fourth-order valence-corrected chi connectivity index (χ4v) is 2.22. The van der Waals surface area contributed by atoms with Gasteiger partial charge in [0.25, 0.3) is 0 Å². The Morgan fingerprint density at radius 3 is 2.44 bits per heavy atom. The van der Waals surface area contributed by atoms with Gasteiger partial charge in [-0.05, 0) is 43.3 Å². The van der Waals surface area contributed by atoms with Crippen molar-refractivity contribution >= 4 is 23.3 Å². The van der Waals surface area contributed by atoms with Crippen molar-refractivity contribution in [3.63, 3.8) is 0 Å². The zero-order valence-electron chi connectivity index (χ0n) is 14.4. The molecule has 0 aliphatic heterocycles. The Morgan fingerprint density at radius 2 is 1.76 bits per heavy atom. The molecule has 6 heteroatoms. The molecule has 132 valence electrons. The molecule has 2 rings (SSSR count). The second-order valence-corrected chi connectivity index (χ2v) is 5.22. The van der Waals surface area contributed by atoms with Crippen LogP contribution in [0.2, 0.25) is 0 Å². The molecule has 0 heterocycles. The van der Waals surface area contributed by atoms with Crippen LogP contribution in [-0.4, -0.2) is 32.1 Å². The minimum absolute atomic E-state index is 0.111. The zero-order chi connectivity index (χ0) is 18.1. The monoisotopic (exact) mass is 342 g/mol. The number of nitrogens with one attached hydrogen (secondary N) is 2. The molecule has 0 saturated carbocycles. The first-order valence-electron chi connectivity index (χ1n) is 8.08. The summed E-state index contributed by atoms with van der Waals surface area (Å²) in [7, 11) is 1.56. The summed E-state index contributed by atoms with van der Waals surface area (Å²) in [6, 6.07) is 14.2. The molecule has 2 aromatic carbocycles. The van der Waals surface area contributed by atoms with E-state index in [1.54, 1.807) is 50.4 Å². The maximum absolute atomic E-state index is 12.0. The Hall–Kier alpha value is -3.02. The number of rotatable bonds is 8. The summed E-state index contributed by atoms with van der Waals surface area (Å²) >= 11 is 0. The molecule has 2 aromatic rings. The molecule has 0 aliphatic carbocycles. The Bertz CT molecular complexity index is 714. The van der Waals surface area contributed by atoms with Crippen molar-refractivity contribution in [3.05, 3.63) is 54.1 Å². The quantitative estimate of drug-likeness (QED) is 0.720. The maximum Gasteiger partial charge on any atom is 0.338 e. The lowest BCUT2D eigenvalue weighted by atomic mass is 10.2. The normalized spacial score (nSPS) is 10.0. The number of anilines is 2. The number of carbonyl (C=O) groups excluding carboxylic acids is 2. The van der Waals surface area contributed by atoms with Crippen LogP contribution in [0, 0.1) is 0 Å². The van der Waals surface area contributed by atoms with Crippen molar-refractivity contribution in [1.82, 2.24) is 0 Å². The third-order valence-electron chi connectivity index (χ3n) is 3.46. The lowest BCUT2D eigenvalue weighted by Gasteiger charge is -2.10. The standard InChI is InChI=1S/C19H22N2O4/c1-3-25-19(23)14-8-10-15(11-9-14)20-13-12-18(22)21-16-6-4-5-7-17(16)24-2/h4-11,20H,3,12-13H2,1-2H3,(H,21,22). The molecule has 0 spiro atoms. The van der Waals surface area contributed by atoms with E-state index >= 15 is 0 Å². The van der Waals surface area contributed by atoms with E-state index in [0.29, 0.717) is 36.6 Å². The summed E-state index contributed by atoms with van der Waals surface area (Å²) in [6.45, 7) is 2.59. The van der Waals surface area contributed by atoms with Crippen molar-refractivity contribution in [3.8, 4) is 5.75 Å². The van der Waals surface area contributed by atoms with Crippen molar-refractivity contribution in [1.29, 1.82) is 0 Å². The lowest BCUT2D eigenvalue weighted by Crippen LogP contribution is -2.16. The van der Waals surface area contributed by atoms with E-state index in [0.717, 1.165) is 5.69 Å². The van der Waals surface area contributed by atoms with Crippen molar-refractivity contribution in [2.24, 2.45) is 0 Å². The van der Waals surface area contributed by atoms with E-state index in [-0.39, 0.29) is 11.9 Å². The average Bonchev–Trinajstić information content (AvgIpc) is 2.63. The van der Waals surface area contributed by atoms with Gasteiger partial charge < -0.3 is 20.1 Å². The largest absolute Gasteiger partial charge is 0.495 e. The van der Waals surface area contributed by atoms with Crippen LogP contribution in [0.15, 0.2) is 48.5 Å². The fourth-order valence-electron chi connectivity index (χ4n) is 2.22. The highest BCUT2D eigenvalue weighted by molar-refractivity contribution is 5.92. The van der Waals surface area contributed by atoms with Crippen LogP contribution in [0.25, 0.3) is 0 Å². The first kappa shape index (κ1) is 18.3. The van der Waals surface area contributed by atoms with E-state index in [9.17, 15) is 9.59 Å². The highest BCUT2D eigenvalue weighted by Gasteiger charge is 2.07. The van der Waals surface area contributed by atoms with Gasteiger partial charge in [0.1, 0.15) is 5.75 Å². The van der Waals surface area contributed by atoms with Crippen molar-refractivity contribution in [2.45, 2.75) is 13.3 Å². The molecule has 0 unspecified atom stereocenters. The van der Waals surface area contributed by atoms with Crippen molar-refractivity contribution < 1.29 is 19.1 Å². The van der Waals surface area contributed by atoms with Crippen LogP contribution >= 0.6 is 0 Å². The molecule has 0 aromatic heterocycles. The molecule has 1 amide bonds. The minimum atomic E-state index is -0.342. The van der Waals surface area contributed by atoms with Crippen LogP contribution in [0.5, 0.6) is 5.75 Å². The lowest BCUT2D eigenvalue weighted by molar-refractivity contribution is -0.116. The number of benzene rings is 2. The summed E-state index contributed by atoms with van der Waals surface area (Å²) in [6.07, 6.45) is 0.303. The van der Waals surface area contributed by atoms with Gasteiger partial charge in [0.15, 0.2) is 0 Å². The molecular weight excluding hydrogens is 320 g/mol. The first-order chi connectivity index (χ1) is 12.1. The second-order valence-electron chi connectivity index (χ2n) is 5.22. The third kappa shape index (κ3) is 5.53. The number of hydrogen-bond acceptors (Lipinski definition) is 5. The average molecular weight is 342 g/mol. The zero-order valence-corrected chi connectivity index (χ0v) is 14.4. The number of amides is 1. The van der Waals surface area contributed by atoms with Crippen LogP contribution < -0.4 is 15.4 Å². The summed E-state index contributed by atoms with van der Waals surface area (Å²) in [5.41, 5.74) is 1.98. The predicted molar refractivity (Wildman–Crippen MR) is 97.1 cm³/mol. The van der Waals surface area contributed by atoms with Gasteiger partial charge in [-0.3, -0.25) is 4.79 Å². The number of ether oxygens (including phenoxy) is 2. The minimum Gasteiger partial charge on any atom is -0.495 e. The number of carbonyl (C=O) groups is 2. The Labute approximate surface area is 147 Å². The Morgan fingerprint density at radius 1 is 1.04 bits per heavy atom. The van der Waals surface area contributed by atoms with Gasteiger partial charge in [-0.15, -0.1) is 0 Å². The number of para-hydroxylation sites is 2. The maximum atomic E-state index is 12.0. The number of hydrogen-bond donors (Lipinski definition) is 2. The highest BCUT2D eigenvalue weighted by Crippen LogP contribution is 2.23. The summed E-state index contributed by atoms with van der Waals surface area (Å²) in [5, 5.41) is 5.96. The van der Waals surface area contributed by atoms with E-state index in [4.69, 9.17) is 9.47 Å². The van der Waals surface area contributed by atoms with Gasteiger partial charge in [0, 0.05) is 18.7 Å². The highest BCUT2D eigenvalue weighted by atomic mass is 16.5. The van der Waals surface area contributed by atoms with Crippen LogP contribution in [0.1, 0.15) is 23.7 Å². The van der Waals surface area contributed by atoms with E-state index < -0.39 is 0 Å². The first-order valence-corrected chi connectivity index (χ1v) is 8.08. The summed E-state index contributed by atoms with van der Waals surface area (Å²) < 4.78 is 10.1. The van der Waals surface area contributed by atoms with E-state index in [1.807, 2.05) is 12.1 Å². The summed E-state index contributed by atoms with van der Waals surface area (Å²) in [4.78, 5) is 23.6. The molecular formula is C19H22N2O4. The van der Waals surface area contributed by atoms with Gasteiger partial charge in [-0.25, -0.2) is 4.79 Å². The fraction of sp³-hybridized carbons (Fsp3) is 0.263. The molecule has 0 bridgehead atoms. The molecule has 0 aliphatic rings. The predicted octanol–water partition coefficient (Wildman–Crippen LogP) is 3.31. The van der Waals surface area contributed by atoms with Crippen LogP contribution in [-0.2, 0) is 9.53 Å². The molecule has 6 nitrogen and oxygen atoms in total. The third-order valence-corrected chi connectivity index (χ3v) is 3.46. The van der Waals surface area contributed by atoms with Gasteiger partial charge in [-0.1, -0.05) is 12.1 Å². The molecule has 0 fully saturated rings. The van der Waals surface area contributed by atoms with E-state index in [1.165, 1.54) is 0 Å². The van der Waals surface area contributed by atoms with E-state index in [2.05, 4.69) is 10.6 Å². The SMILES string of the molecule is CCOC(=O)c1ccc(NCCC(=O)Nc2ccccc2OC)cc1. The van der Waals surface area contributed by atoms with Gasteiger partial charge in [-0.2, -0.15) is 0 Å². The number of methoxy groups -OCH3 is 1. The topological polar surface area (TPSA) is 76.7 Å². The second kappa shape index (κ2) is 9.32.